The summed E-state index contributed by atoms with van der Waals surface area (Å²) in [6.07, 6.45) is 1.37. The number of carbonyl (C=O) groups is 2. The Bertz CT molecular complexity index is 1090. The van der Waals surface area contributed by atoms with Gasteiger partial charge in [0.15, 0.2) is 21.5 Å². The number of piperidine rings is 1. The van der Waals surface area contributed by atoms with Gasteiger partial charge in [0, 0.05) is 43.0 Å². The number of nitrogens with one attached hydrogen (secondary N) is 1. The standard InChI is InChI=1S/C21H23F2N3O5S/c1-13(27)24-10-17-11-26(21(28)31-17)16-8-18(22)20(19(23)9-16)25-5-2-14(3-6-25)15-4-7-32(29,30)12-15/h4,7-9,12,14,17H,2-3,5-6,10-11H2,1H3,(H,24,27). The highest BCUT2D eigenvalue weighted by atomic mass is 32.2. The number of nitrogens with zero attached hydrogens (tertiary/aromatic N) is 2. The first-order valence-corrected chi connectivity index (χ1v) is 11.9. The summed E-state index contributed by atoms with van der Waals surface area (Å²) in [6, 6.07) is 2.20. The van der Waals surface area contributed by atoms with Crippen LogP contribution in [0.5, 0.6) is 0 Å². The SMILES string of the molecule is CC(=O)NCC1CN(c2cc(F)c(N3CCC(C4=CS(=O)(=O)C=C4)CC3)c(F)c2)C(=O)O1. The van der Waals surface area contributed by atoms with Crippen molar-refractivity contribution in [3.05, 3.63) is 46.2 Å². The van der Waals surface area contributed by atoms with Crippen molar-refractivity contribution in [2.45, 2.75) is 25.9 Å². The minimum Gasteiger partial charge on any atom is -0.442 e. The van der Waals surface area contributed by atoms with Crippen LogP contribution in [0.4, 0.5) is 25.0 Å². The van der Waals surface area contributed by atoms with Gasteiger partial charge in [-0.15, -0.1) is 0 Å². The highest BCUT2D eigenvalue weighted by Crippen LogP contribution is 2.35. The van der Waals surface area contributed by atoms with E-state index in [1.54, 1.807) is 11.0 Å². The van der Waals surface area contributed by atoms with E-state index >= 15 is 0 Å². The van der Waals surface area contributed by atoms with Gasteiger partial charge >= 0.3 is 6.09 Å². The van der Waals surface area contributed by atoms with E-state index in [0.717, 1.165) is 28.0 Å². The van der Waals surface area contributed by atoms with E-state index in [2.05, 4.69) is 5.32 Å². The molecule has 172 valence electrons. The normalized spacial score (nSPS) is 22.8. The van der Waals surface area contributed by atoms with Gasteiger partial charge in [-0.3, -0.25) is 9.69 Å². The number of anilines is 2. The number of hydrogen-bond acceptors (Lipinski definition) is 6. The third-order valence-corrected chi connectivity index (χ3v) is 6.92. The molecule has 2 fully saturated rings. The number of ether oxygens (including phenoxy) is 1. The predicted molar refractivity (Wildman–Crippen MR) is 114 cm³/mol. The van der Waals surface area contributed by atoms with E-state index in [9.17, 15) is 26.8 Å². The van der Waals surface area contributed by atoms with Crippen LogP contribution in [-0.2, 0) is 19.4 Å². The second-order valence-corrected chi connectivity index (χ2v) is 9.77. The topological polar surface area (TPSA) is 96.0 Å². The Hall–Kier alpha value is -2.95. The van der Waals surface area contributed by atoms with Crippen LogP contribution < -0.4 is 15.1 Å². The largest absolute Gasteiger partial charge is 0.442 e. The maximum atomic E-state index is 14.9. The second-order valence-electron chi connectivity index (χ2n) is 8.08. The first kappa shape index (κ1) is 22.3. The van der Waals surface area contributed by atoms with Crippen LogP contribution in [0, 0.1) is 17.6 Å². The third kappa shape index (κ3) is 4.62. The molecular weight excluding hydrogens is 444 g/mol. The van der Waals surface area contributed by atoms with Crippen molar-refractivity contribution in [1.29, 1.82) is 0 Å². The number of benzene rings is 1. The molecule has 1 aromatic carbocycles. The molecule has 8 nitrogen and oxygen atoms in total. The van der Waals surface area contributed by atoms with Gasteiger partial charge in [0.05, 0.1) is 18.8 Å². The van der Waals surface area contributed by atoms with Crippen molar-refractivity contribution in [2.24, 2.45) is 5.92 Å². The number of allylic oxidation sites excluding steroid dienone is 2. The first-order valence-electron chi connectivity index (χ1n) is 10.2. The molecule has 32 heavy (non-hydrogen) atoms. The molecule has 1 unspecified atom stereocenters. The van der Waals surface area contributed by atoms with Crippen molar-refractivity contribution in [3.8, 4) is 0 Å². The predicted octanol–water partition coefficient (Wildman–Crippen LogP) is 2.47. The number of carbonyl (C=O) groups excluding carboxylic acids is 2. The van der Waals surface area contributed by atoms with Gasteiger partial charge in [-0.25, -0.2) is 22.0 Å². The summed E-state index contributed by atoms with van der Waals surface area (Å²) in [6.45, 7) is 2.25. The van der Waals surface area contributed by atoms with Crippen molar-refractivity contribution >= 4 is 33.2 Å². The van der Waals surface area contributed by atoms with Crippen molar-refractivity contribution in [2.75, 3.05) is 36.0 Å². The summed E-state index contributed by atoms with van der Waals surface area (Å²) < 4.78 is 58.1. The zero-order chi connectivity index (χ0) is 23.0. The van der Waals surface area contributed by atoms with Gasteiger partial charge in [-0.2, -0.15) is 0 Å². The molecule has 2 saturated heterocycles. The smallest absolute Gasteiger partial charge is 0.414 e. The molecule has 0 aliphatic carbocycles. The molecule has 4 rings (SSSR count). The number of cyclic esters (lactones) is 1. The molecule has 1 atom stereocenters. The van der Waals surface area contributed by atoms with Crippen LogP contribution in [0.15, 0.2) is 34.6 Å². The second kappa shape index (κ2) is 8.53. The van der Waals surface area contributed by atoms with Gasteiger partial charge in [0.1, 0.15) is 11.8 Å². The number of hydrogen-bond donors (Lipinski definition) is 1. The van der Waals surface area contributed by atoms with Gasteiger partial charge in [-0.1, -0.05) is 0 Å². The van der Waals surface area contributed by atoms with Crippen LogP contribution in [0.2, 0.25) is 0 Å². The number of rotatable bonds is 5. The average Bonchev–Trinajstić information content (AvgIpc) is 3.28. The zero-order valence-electron chi connectivity index (χ0n) is 17.4. The Morgan fingerprint density at radius 2 is 1.88 bits per heavy atom. The zero-order valence-corrected chi connectivity index (χ0v) is 18.2. The highest BCUT2D eigenvalue weighted by molar-refractivity contribution is 7.97. The summed E-state index contributed by atoms with van der Waals surface area (Å²) in [5.74, 6) is -1.84. The monoisotopic (exact) mass is 467 g/mol. The van der Waals surface area contributed by atoms with E-state index in [1.807, 2.05) is 0 Å². The van der Waals surface area contributed by atoms with Gasteiger partial charge in [0.25, 0.3) is 0 Å². The molecule has 0 spiro atoms. The minimum atomic E-state index is -3.29. The highest BCUT2D eigenvalue weighted by Gasteiger charge is 2.34. The maximum absolute atomic E-state index is 14.9. The first-order chi connectivity index (χ1) is 15.1. The minimum absolute atomic E-state index is 0.0186. The van der Waals surface area contributed by atoms with Gasteiger partial charge < -0.3 is 15.0 Å². The lowest BCUT2D eigenvalue weighted by molar-refractivity contribution is -0.119. The molecule has 0 radical (unpaired) electrons. The lowest BCUT2D eigenvalue weighted by atomic mass is 9.90. The Labute approximate surface area is 184 Å². The van der Waals surface area contributed by atoms with E-state index in [4.69, 9.17) is 4.74 Å². The molecule has 0 saturated carbocycles. The number of amides is 2. The van der Waals surface area contributed by atoms with Crippen LogP contribution in [0.3, 0.4) is 0 Å². The van der Waals surface area contributed by atoms with E-state index < -0.39 is 33.7 Å². The van der Waals surface area contributed by atoms with Crippen LogP contribution >= 0.6 is 0 Å². The van der Waals surface area contributed by atoms with Gasteiger partial charge in [-0.05, 0) is 30.4 Å². The molecule has 0 aromatic heterocycles. The Balaban J connectivity index is 1.44. The van der Waals surface area contributed by atoms with Crippen LogP contribution in [0.1, 0.15) is 19.8 Å². The van der Waals surface area contributed by atoms with E-state index in [1.165, 1.54) is 12.3 Å². The molecule has 2 amide bonds. The third-order valence-electron chi connectivity index (χ3n) is 5.80. The number of sulfone groups is 1. The van der Waals surface area contributed by atoms with Crippen LogP contribution in [0.25, 0.3) is 0 Å². The summed E-state index contributed by atoms with van der Waals surface area (Å²) in [5.41, 5.74) is 0.598. The number of halogens is 2. The average molecular weight is 467 g/mol. The summed E-state index contributed by atoms with van der Waals surface area (Å²) in [5, 5.41) is 4.96. The molecule has 1 aromatic rings. The Morgan fingerprint density at radius 1 is 1.22 bits per heavy atom. The Kier molecular flexibility index (Phi) is 5.93. The van der Waals surface area contributed by atoms with E-state index in [-0.39, 0.29) is 36.3 Å². The molecule has 1 N–H and O–H groups in total. The lowest BCUT2D eigenvalue weighted by Crippen LogP contribution is -2.35. The summed E-state index contributed by atoms with van der Waals surface area (Å²) >= 11 is 0. The molecular formula is C21H23F2N3O5S. The molecule has 11 heteroatoms. The van der Waals surface area contributed by atoms with Crippen molar-refractivity contribution in [1.82, 2.24) is 5.32 Å². The molecule has 3 aliphatic rings. The van der Waals surface area contributed by atoms with Crippen molar-refractivity contribution < 1.29 is 31.5 Å². The van der Waals surface area contributed by atoms with Gasteiger partial charge in [0.2, 0.25) is 5.91 Å². The van der Waals surface area contributed by atoms with Crippen molar-refractivity contribution in [3.63, 3.8) is 0 Å². The lowest BCUT2D eigenvalue weighted by Gasteiger charge is -2.34. The summed E-state index contributed by atoms with van der Waals surface area (Å²) in [7, 11) is -3.29. The van der Waals surface area contributed by atoms with E-state index in [0.29, 0.717) is 25.9 Å². The fourth-order valence-electron chi connectivity index (χ4n) is 4.22. The Morgan fingerprint density at radius 3 is 2.44 bits per heavy atom. The molecule has 3 heterocycles. The molecule has 3 aliphatic heterocycles. The van der Waals surface area contributed by atoms with Crippen LogP contribution in [-0.4, -0.2) is 52.7 Å². The quantitative estimate of drug-likeness (QED) is 0.715. The fraction of sp³-hybridized carbons (Fsp3) is 0.429. The molecule has 0 bridgehead atoms. The summed E-state index contributed by atoms with van der Waals surface area (Å²) in [4.78, 5) is 25.9. The maximum Gasteiger partial charge on any atom is 0.414 e. The fourth-order valence-corrected chi connectivity index (χ4v) is 5.29.